The summed E-state index contributed by atoms with van der Waals surface area (Å²) in [6.07, 6.45) is -2.68. The number of aromatic nitrogens is 2. The first kappa shape index (κ1) is 20.8. The molecule has 0 radical (unpaired) electrons. The number of nitrogens with zero attached hydrogens (tertiary/aromatic N) is 4. The molecule has 1 saturated heterocycles. The van der Waals surface area contributed by atoms with Crippen molar-refractivity contribution in [3.05, 3.63) is 57.0 Å². The number of benzene rings is 1. The highest BCUT2D eigenvalue weighted by molar-refractivity contribution is 6.44. The highest BCUT2D eigenvalue weighted by atomic mass is 35.5. The number of rotatable bonds is 3. The van der Waals surface area contributed by atoms with Crippen LogP contribution in [0.5, 0.6) is 0 Å². The predicted octanol–water partition coefficient (Wildman–Crippen LogP) is 3.17. The van der Waals surface area contributed by atoms with E-state index < -0.39 is 23.3 Å². The van der Waals surface area contributed by atoms with Crippen molar-refractivity contribution < 1.29 is 13.2 Å². The summed E-state index contributed by atoms with van der Waals surface area (Å²) in [5, 5.41) is 9.72. The van der Waals surface area contributed by atoms with Crippen LogP contribution in [-0.2, 0) is 6.18 Å². The largest absolute Gasteiger partial charge is 0.416 e. The third-order valence-electron chi connectivity index (χ3n) is 4.63. The third kappa shape index (κ3) is 4.42. The molecule has 2 heterocycles. The molecule has 1 fully saturated rings. The number of hydrogen-bond acceptors (Lipinski definition) is 6. The monoisotopic (exact) mass is 426 g/mol. The van der Waals surface area contributed by atoms with Crippen molar-refractivity contribution >= 4 is 28.7 Å². The molecule has 1 aromatic heterocycles. The Bertz CT molecular complexity index is 1020. The fraction of sp³-hybridized carbons (Fsp3) is 0.333. The first-order valence-electron chi connectivity index (χ1n) is 8.70. The average molecular weight is 427 g/mol. The molecule has 11 heteroatoms. The molecule has 1 atom stereocenters. The van der Waals surface area contributed by atoms with Crippen LogP contribution in [0.1, 0.15) is 30.5 Å². The lowest BCUT2D eigenvalue weighted by Gasteiger charge is -2.31. The predicted molar refractivity (Wildman–Crippen MR) is 106 cm³/mol. The van der Waals surface area contributed by atoms with Crippen LogP contribution in [0.2, 0.25) is 5.02 Å². The SMILES string of the molecule is C[C@H](N=C1CCN(c2cn[nH]c(=O)c2Cl)CC1=NN)c1ccccc1C(F)(F)F. The third-order valence-corrected chi connectivity index (χ3v) is 5.00. The van der Waals surface area contributed by atoms with Crippen molar-refractivity contribution in [1.29, 1.82) is 0 Å². The molecular formula is C18H18ClF3N6O. The second kappa shape index (κ2) is 8.24. The van der Waals surface area contributed by atoms with Gasteiger partial charge in [0.25, 0.3) is 5.56 Å². The van der Waals surface area contributed by atoms with Gasteiger partial charge in [0.05, 0.1) is 35.7 Å². The second-order valence-electron chi connectivity index (χ2n) is 6.48. The smallest absolute Gasteiger partial charge is 0.362 e. The van der Waals surface area contributed by atoms with Crippen LogP contribution in [0, 0.1) is 0 Å². The van der Waals surface area contributed by atoms with Crippen LogP contribution in [0.25, 0.3) is 0 Å². The Hall–Kier alpha value is -2.88. The van der Waals surface area contributed by atoms with Crippen LogP contribution < -0.4 is 16.3 Å². The summed E-state index contributed by atoms with van der Waals surface area (Å²) < 4.78 is 39.9. The molecule has 1 aliphatic heterocycles. The molecule has 2 aromatic rings. The zero-order chi connectivity index (χ0) is 21.2. The van der Waals surface area contributed by atoms with E-state index in [1.165, 1.54) is 18.3 Å². The summed E-state index contributed by atoms with van der Waals surface area (Å²) in [5.41, 5.74) is 0.180. The molecule has 1 aromatic carbocycles. The van der Waals surface area contributed by atoms with Gasteiger partial charge in [-0.1, -0.05) is 29.8 Å². The lowest BCUT2D eigenvalue weighted by Crippen LogP contribution is -2.43. The fourth-order valence-corrected chi connectivity index (χ4v) is 3.42. The van der Waals surface area contributed by atoms with Crippen LogP contribution in [0.4, 0.5) is 18.9 Å². The number of piperidine rings is 1. The van der Waals surface area contributed by atoms with Crippen LogP contribution in [0.3, 0.4) is 0 Å². The van der Waals surface area contributed by atoms with Gasteiger partial charge in [-0.3, -0.25) is 9.79 Å². The number of anilines is 1. The summed E-state index contributed by atoms with van der Waals surface area (Å²) in [7, 11) is 0. The van der Waals surface area contributed by atoms with E-state index in [1.807, 2.05) is 0 Å². The summed E-state index contributed by atoms with van der Waals surface area (Å²) in [4.78, 5) is 17.9. The molecule has 0 aliphatic carbocycles. The normalized spacial score (nSPS) is 19.0. The van der Waals surface area contributed by atoms with Crippen molar-refractivity contribution in [2.24, 2.45) is 15.9 Å². The molecule has 29 heavy (non-hydrogen) atoms. The van der Waals surface area contributed by atoms with E-state index in [9.17, 15) is 18.0 Å². The van der Waals surface area contributed by atoms with Gasteiger partial charge < -0.3 is 10.7 Å². The van der Waals surface area contributed by atoms with E-state index in [1.54, 1.807) is 17.9 Å². The molecule has 0 bridgehead atoms. The minimum atomic E-state index is -4.47. The molecular weight excluding hydrogens is 409 g/mol. The molecule has 0 saturated carbocycles. The minimum Gasteiger partial charge on any atom is -0.362 e. The van der Waals surface area contributed by atoms with Gasteiger partial charge in [0.15, 0.2) is 0 Å². The number of nitrogens with two attached hydrogens (primary N) is 1. The van der Waals surface area contributed by atoms with Gasteiger partial charge in [-0.25, -0.2) is 5.10 Å². The fourth-order valence-electron chi connectivity index (χ4n) is 3.21. The molecule has 3 rings (SSSR count). The first-order valence-corrected chi connectivity index (χ1v) is 9.08. The molecule has 0 spiro atoms. The Morgan fingerprint density at radius 1 is 1.31 bits per heavy atom. The highest BCUT2D eigenvalue weighted by Crippen LogP contribution is 2.35. The van der Waals surface area contributed by atoms with Crippen molar-refractivity contribution in [2.75, 3.05) is 18.0 Å². The van der Waals surface area contributed by atoms with Crippen LogP contribution >= 0.6 is 11.6 Å². The Balaban J connectivity index is 1.87. The summed E-state index contributed by atoms with van der Waals surface area (Å²) >= 11 is 6.05. The Kier molecular flexibility index (Phi) is 5.92. The molecule has 1 aliphatic rings. The van der Waals surface area contributed by atoms with E-state index in [2.05, 4.69) is 20.3 Å². The topological polar surface area (TPSA) is 99.7 Å². The maximum absolute atomic E-state index is 13.3. The highest BCUT2D eigenvalue weighted by Gasteiger charge is 2.34. The Labute approximate surface area is 169 Å². The van der Waals surface area contributed by atoms with E-state index in [-0.39, 0.29) is 17.1 Å². The van der Waals surface area contributed by atoms with Gasteiger partial charge in [-0.15, -0.1) is 0 Å². The van der Waals surface area contributed by atoms with Gasteiger partial charge in [0, 0.05) is 13.0 Å². The maximum atomic E-state index is 13.3. The number of nitrogens with one attached hydrogen (secondary N) is 1. The Morgan fingerprint density at radius 3 is 2.72 bits per heavy atom. The van der Waals surface area contributed by atoms with E-state index >= 15 is 0 Å². The van der Waals surface area contributed by atoms with Gasteiger partial charge in [-0.2, -0.15) is 23.4 Å². The van der Waals surface area contributed by atoms with Crippen molar-refractivity contribution in [3.8, 4) is 0 Å². The van der Waals surface area contributed by atoms with Crippen molar-refractivity contribution in [2.45, 2.75) is 25.6 Å². The zero-order valence-corrected chi connectivity index (χ0v) is 16.1. The molecule has 7 nitrogen and oxygen atoms in total. The van der Waals surface area contributed by atoms with Gasteiger partial charge in [0.1, 0.15) is 10.7 Å². The molecule has 0 amide bonds. The van der Waals surface area contributed by atoms with Crippen molar-refractivity contribution in [1.82, 2.24) is 10.2 Å². The number of aliphatic imine (C=N–C) groups is 1. The number of hydrogen-bond donors (Lipinski definition) is 2. The first-order chi connectivity index (χ1) is 13.7. The average Bonchev–Trinajstić information content (AvgIpc) is 2.69. The van der Waals surface area contributed by atoms with Crippen LogP contribution in [0.15, 0.2) is 45.4 Å². The molecule has 0 unspecified atom stereocenters. The zero-order valence-electron chi connectivity index (χ0n) is 15.4. The number of halogens is 4. The number of hydrazone groups is 1. The van der Waals surface area contributed by atoms with Gasteiger partial charge in [-0.05, 0) is 18.6 Å². The lowest BCUT2D eigenvalue weighted by molar-refractivity contribution is -0.138. The summed E-state index contributed by atoms with van der Waals surface area (Å²) in [6, 6.07) is 4.60. The van der Waals surface area contributed by atoms with Gasteiger partial charge >= 0.3 is 6.18 Å². The van der Waals surface area contributed by atoms with Crippen molar-refractivity contribution in [3.63, 3.8) is 0 Å². The number of aromatic amines is 1. The standard InChI is InChI=1S/C18H18ClF3N6O/c1-10(11-4-2-3-5-12(11)18(20,21)22)25-13-6-7-28(9-14(13)26-23)15-8-24-27-17(29)16(15)19/h2-5,8,10H,6-7,9,23H2,1H3,(H,27,29)/t10-/m0/s1. The second-order valence-corrected chi connectivity index (χ2v) is 6.86. The lowest BCUT2D eigenvalue weighted by atomic mass is 10.00. The summed E-state index contributed by atoms with van der Waals surface area (Å²) in [5.74, 6) is 5.50. The maximum Gasteiger partial charge on any atom is 0.416 e. The van der Waals surface area contributed by atoms with E-state index in [0.717, 1.165) is 6.07 Å². The number of alkyl halides is 3. The van der Waals surface area contributed by atoms with E-state index in [4.69, 9.17) is 17.4 Å². The van der Waals surface area contributed by atoms with Crippen LogP contribution in [-0.4, -0.2) is 34.7 Å². The van der Waals surface area contributed by atoms with Gasteiger partial charge in [0.2, 0.25) is 0 Å². The minimum absolute atomic E-state index is 0.00997. The van der Waals surface area contributed by atoms with E-state index in [0.29, 0.717) is 30.1 Å². The molecule has 154 valence electrons. The quantitative estimate of drug-likeness (QED) is 0.581. The Morgan fingerprint density at radius 2 is 2.03 bits per heavy atom. The molecule has 3 N–H and O–H groups in total. The number of H-pyrrole nitrogens is 1. The summed E-state index contributed by atoms with van der Waals surface area (Å²) in [6.45, 7) is 2.22.